The highest BCUT2D eigenvalue weighted by Gasteiger charge is 2.28. The van der Waals surface area contributed by atoms with Gasteiger partial charge in [-0.05, 0) is 69.2 Å². The van der Waals surface area contributed by atoms with Crippen molar-refractivity contribution in [2.24, 2.45) is 0 Å². The van der Waals surface area contributed by atoms with Gasteiger partial charge in [-0.1, -0.05) is 11.6 Å². The second-order valence-corrected chi connectivity index (χ2v) is 7.59. The molecule has 1 fully saturated rings. The fourth-order valence-electron chi connectivity index (χ4n) is 3.02. The van der Waals surface area contributed by atoms with E-state index in [2.05, 4.69) is 0 Å². The summed E-state index contributed by atoms with van der Waals surface area (Å²) in [5, 5.41) is 9.30. The standard InChI is InChI=1S/C18H25ClFNO3/c1-18(2,3)24-17(23)21-7-4-12(5-8-21)14-11-15(19)16(20)10-13(14)6-9-22/h10-12,22H,4-9H2,1-3H3. The average Bonchev–Trinajstić information content (AvgIpc) is 2.49. The molecule has 1 aromatic rings. The molecule has 1 aromatic carbocycles. The summed E-state index contributed by atoms with van der Waals surface area (Å²) < 4.78 is 19.1. The third-order valence-corrected chi connectivity index (χ3v) is 4.44. The summed E-state index contributed by atoms with van der Waals surface area (Å²) >= 11 is 5.93. The fraction of sp³-hybridized carbons (Fsp3) is 0.611. The van der Waals surface area contributed by atoms with Gasteiger partial charge in [0.1, 0.15) is 11.4 Å². The van der Waals surface area contributed by atoms with Crippen LogP contribution in [0.1, 0.15) is 50.7 Å². The van der Waals surface area contributed by atoms with Crippen molar-refractivity contribution in [3.8, 4) is 0 Å². The second kappa shape index (κ2) is 7.70. The number of rotatable bonds is 3. The molecule has 2 rings (SSSR count). The number of hydrogen-bond acceptors (Lipinski definition) is 3. The monoisotopic (exact) mass is 357 g/mol. The molecule has 6 heteroatoms. The lowest BCUT2D eigenvalue weighted by molar-refractivity contribution is 0.0204. The molecule has 24 heavy (non-hydrogen) atoms. The number of benzene rings is 1. The third-order valence-electron chi connectivity index (χ3n) is 4.15. The van der Waals surface area contributed by atoms with Crippen molar-refractivity contribution in [1.29, 1.82) is 0 Å². The van der Waals surface area contributed by atoms with Crippen molar-refractivity contribution in [2.45, 2.75) is 51.6 Å². The Balaban J connectivity index is 2.07. The number of amides is 1. The third kappa shape index (κ3) is 4.84. The highest BCUT2D eigenvalue weighted by Crippen LogP contribution is 2.34. The van der Waals surface area contributed by atoms with E-state index in [-0.39, 0.29) is 23.6 Å². The van der Waals surface area contributed by atoms with Crippen LogP contribution in [0, 0.1) is 5.82 Å². The lowest BCUT2D eigenvalue weighted by Gasteiger charge is -2.34. The summed E-state index contributed by atoms with van der Waals surface area (Å²) in [6.45, 7) is 6.68. The summed E-state index contributed by atoms with van der Waals surface area (Å²) in [7, 11) is 0. The Kier molecular flexibility index (Phi) is 6.10. The molecule has 0 bridgehead atoms. The van der Waals surface area contributed by atoms with Crippen molar-refractivity contribution >= 4 is 17.7 Å². The molecule has 4 nitrogen and oxygen atoms in total. The number of hydrogen-bond donors (Lipinski definition) is 1. The quantitative estimate of drug-likeness (QED) is 0.884. The summed E-state index contributed by atoms with van der Waals surface area (Å²) in [6, 6.07) is 3.07. The van der Waals surface area contributed by atoms with Crippen LogP contribution in [-0.4, -0.2) is 41.4 Å². The van der Waals surface area contributed by atoms with Crippen molar-refractivity contribution in [1.82, 2.24) is 4.90 Å². The van der Waals surface area contributed by atoms with E-state index in [1.807, 2.05) is 20.8 Å². The van der Waals surface area contributed by atoms with Gasteiger partial charge in [-0.15, -0.1) is 0 Å². The van der Waals surface area contributed by atoms with Crippen LogP contribution in [0.2, 0.25) is 5.02 Å². The van der Waals surface area contributed by atoms with E-state index < -0.39 is 11.4 Å². The molecule has 0 saturated carbocycles. The first kappa shape index (κ1) is 19.0. The fourth-order valence-corrected chi connectivity index (χ4v) is 3.19. The minimum Gasteiger partial charge on any atom is -0.444 e. The smallest absolute Gasteiger partial charge is 0.410 e. The SMILES string of the molecule is CC(C)(C)OC(=O)N1CCC(c2cc(Cl)c(F)cc2CCO)CC1. The number of carbonyl (C=O) groups is 1. The van der Waals surface area contributed by atoms with Crippen LogP contribution in [0.4, 0.5) is 9.18 Å². The van der Waals surface area contributed by atoms with E-state index in [9.17, 15) is 14.3 Å². The molecule has 0 aliphatic carbocycles. The molecule has 1 heterocycles. The maximum Gasteiger partial charge on any atom is 0.410 e. The van der Waals surface area contributed by atoms with Gasteiger partial charge in [-0.3, -0.25) is 0 Å². The Bertz CT molecular complexity index is 593. The number of piperidine rings is 1. The van der Waals surface area contributed by atoms with Crippen molar-refractivity contribution in [3.05, 3.63) is 34.1 Å². The number of carbonyl (C=O) groups excluding carboxylic acids is 1. The predicted octanol–water partition coefficient (Wildman–Crippen LogP) is 4.13. The molecule has 0 radical (unpaired) electrons. The van der Waals surface area contributed by atoms with E-state index in [0.29, 0.717) is 19.5 Å². The van der Waals surface area contributed by atoms with Crippen LogP contribution in [-0.2, 0) is 11.2 Å². The number of likely N-dealkylation sites (tertiary alicyclic amines) is 1. The predicted molar refractivity (Wildman–Crippen MR) is 92.0 cm³/mol. The first-order valence-electron chi connectivity index (χ1n) is 8.28. The summed E-state index contributed by atoms with van der Waals surface area (Å²) in [5.74, 6) is -0.265. The van der Waals surface area contributed by atoms with Crippen LogP contribution >= 0.6 is 11.6 Å². The Morgan fingerprint density at radius 1 is 1.38 bits per heavy atom. The molecule has 134 valence electrons. The Morgan fingerprint density at radius 2 is 2.00 bits per heavy atom. The molecule has 1 aliphatic heterocycles. The molecule has 0 spiro atoms. The zero-order valence-corrected chi connectivity index (χ0v) is 15.2. The molecular formula is C18H25ClFNO3. The number of aliphatic hydroxyl groups is 1. The Labute approximate surface area is 147 Å². The van der Waals surface area contributed by atoms with E-state index in [0.717, 1.165) is 24.0 Å². The largest absolute Gasteiger partial charge is 0.444 e. The van der Waals surface area contributed by atoms with Gasteiger partial charge >= 0.3 is 6.09 Å². The average molecular weight is 358 g/mol. The normalized spacial score (nSPS) is 16.3. The minimum absolute atomic E-state index is 0.0369. The molecule has 1 saturated heterocycles. The van der Waals surface area contributed by atoms with E-state index in [4.69, 9.17) is 16.3 Å². The van der Waals surface area contributed by atoms with Gasteiger partial charge in [-0.25, -0.2) is 9.18 Å². The molecule has 0 atom stereocenters. The molecule has 1 amide bonds. The van der Waals surface area contributed by atoms with Crippen LogP contribution in [0.5, 0.6) is 0 Å². The lowest BCUT2D eigenvalue weighted by Crippen LogP contribution is -2.41. The van der Waals surface area contributed by atoms with E-state index in [1.54, 1.807) is 11.0 Å². The highest BCUT2D eigenvalue weighted by molar-refractivity contribution is 6.30. The molecular weight excluding hydrogens is 333 g/mol. The van der Waals surface area contributed by atoms with Crippen LogP contribution in [0.15, 0.2) is 12.1 Å². The maximum atomic E-state index is 13.7. The summed E-state index contributed by atoms with van der Waals surface area (Å²) in [4.78, 5) is 13.8. The highest BCUT2D eigenvalue weighted by atomic mass is 35.5. The van der Waals surface area contributed by atoms with Crippen LogP contribution in [0.3, 0.4) is 0 Å². The van der Waals surface area contributed by atoms with Crippen molar-refractivity contribution in [2.75, 3.05) is 19.7 Å². The number of ether oxygens (including phenoxy) is 1. The van der Waals surface area contributed by atoms with Crippen LogP contribution < -0.4 is 0 Å². The number of aliphatic hydroxyl groups excluding tert-OH is 1. The van der Waals surface area contributed by atoms with Gasteiger partial charge in [0, 0.05) is 19.7 Å². The van der Waals surface area contributed by atoms with E-state index >= 15 is 0 Å². The Morgan fingerprint density at radius 3 is 2.54 bits per heavy atom. The molecule has 0 aromatic heterocycles. The van der Waals surface area contributed by atoms with Gasteiger partial charge in [0.15, 0.2) is 0 Å². The maximum absolute atomic E-state index is 13.7. The molecule has 0 unspecified atom stereocenters. The van der Waals surface area contributed by atoms with Gasteiger partial charge < -0.3 is 14.7 Å². The summed E-state index contributed by atoms with van der Waals surface area (Å²) in [6.07, 6.45) is 1.63. The summed E-state index contributed by atoms with van der Waals surface area (Å²) in [5.41, 5.74) is 1.25. The minimum atomic E-state index is -0.507. The number of nitrogens with zero attached hydrogens (tertiary/aromatic N) is 1. The van der Waals surface area contributed by atoms with Crippen molar-refractivity contribution in [3.63, 3.8) is 0 Å². The zero-order chi connectivity index (χ0) is 17.9. The van der Waals surface area contributed by atoms with Crippen molar-refractivity contribution < 1.29 is 19.0 Å². The van der Waals surface area contributed by atoms with Gasteiger partial charge in [0.25, 0.3) is 0 Å². The second-order valence-electron chi connectivity index (χ2n) is 7.18. The first-order chi connectivity index (χ1) is 11.2. The topological polar surface area (TPSA) is 49.8 Å². The number of halogens is 2. The molecule has 1 aliphatic rings. The Hall–Kier alpha value is -1.33. The first-order valence-corrected chi connectivity index (χ1v) is 8.65. The van der Waals surface area contributed by atoms with Gasteiger partial charge in [0.05, 0.1) is 5.02 Å². The van der Waals surface area contributed by atoms with Gasteiger partial charge in [0.2, 0.25) is 0 Å². The van der Waals surface area contributed by atoms with E-state index in [1.165, 1.54) is 6.07 Å². The van der Waals surface area contributed by atoms with Gasteiger partial charge in [-0.2, -0.15) is 0 Å². The van der Waals surface area contributed by atoms with Crippen LogP contribution in [0.25, 0.3) is 0 Å². The lowest BCUT2D eigenvalue weighted by atomic mass is 9.85. The zero-order valence-electron chi connectivity index (χ0n) is 14.4. The molecule has 1 N–H and O–H groups in total.